The highest BCUT2D eigenvalue weighted by Gasteiger charge is 2.47. The van der Waals surface area contributed by atoms with E-state index in [0.29, 0.717) is 41.0 Å². The largest absolute Gasteiger partial charge is 0.507 e. The van der Waals surface area contributed by atoms with Gasteiger partial charge in [0.1, 0.15) is 17.6 Å². The molecular formula is C26H23NO6S. The minimum atomic E-state index is -0.777. The molecule has 3 heterocycles. The van der Waals surface area contributed by atoms with E-state index in [2.05, 4.69) is 0 Å². The lowest BCUT2D eigenvalue weighted by molar-refractivity contribution is -0.132. The van der Waals surface area contributed by atoms with Crippen LogP contribution in [0.1, 0.15) is 30.3 Å². The molecule has 0 saturated carbocycles. The molecule has 0 bridgehead atoms. The van der Waals surface area contributed by atoms with Crippen molar-refractivity contribution in [3.63, 3.8) is 0 Å². The number of aliphatic hydroxyl groups excluding tert-OH is 1. The molecule has 2 aliphatic rings. The third-order valence-electron chi connectivity index (χ3n) is 5.58. The van der Waals surface area contributed by atoms with Gasteiger partial charge in [-0.15, -0.1) is 11.3 Å². The van der Waals surface area contributed by atoms with Crippen LogP contribution in [-0.4, -0.2) is 30.2 Å². The van der Waals surface area contributed by atoms with Gasteiger partial charge in [-0.3, -0.25) is 14.5 Å². The van der Waals surface area contributed by atoms with Crippen molar-refractivity contribution in [1.82, 2.24) is 0 Å². The first-order valence-electron chi connectivity index (χ1n) is 10.9. The minimum Gasteiger partial charge on any atom is -0.507 e. The van der Waals surface area contributed by atoms with Crippen LogP contribution in [0.5, 0.6) is 17.2 Å². The monoisotopic (exact) mass is 477 g/mol. The van der Waals surface area contributed by atoms with Gasteiger partial charge < -0.3 is 19.3 Å². The lowest BCUT2D eigenvalue weighted by atomic mass is 9.99. The van der Waals surface area contributed by atoms with Crippen molar-refractivity contribution < 1.29 is 28.9 Å². The fourth-order valence-corrected chi connectivity index (χ4v) is 4.83. The summed E-state index contributed by atoms with van der Waals surface area (Å²) < 4.78 is 16.6. The van der Waals surface area contributed by atoms with Crippen LogP contribution in [0.15, 0.2) is 65.6 Å². The topological polar surface area (TPSA) is 85.3 Å². The molecule has 1 fully saturated rings. The molecule has 2 aromatic carbocycles. The molecule has 7 nitrogen and oxygen atoms in total. The van der Waals surface area contributed by atoms with E-state index in [9.17, 15) is 14.7 Å². The molecule has 1 atom stereocenters. The van der Waals surface area contributed by atoms with Gasteiger partial charge in [0.05, 0.1) is 12.2 Å². The van der Waals surface area contributed by atoms with Crippen LogP contribution in [0.2, 0.25) is 0 Å². The van der Waals surface area contributed by atoms with E-state index in [1.54, 1.807) is 42.5 Å². The summed E-state index contributed by atoms with van der Waals surface area (Å²) in [7, 11) is 0. The third kappa shape index (κ3) is 3.90. The number of amides is 1. The molecule has 1 saturated heterocycles. The second-order valence-corrected chi connectivity index (χ2v) is 9.43. The fraction of sp³-hybridized carbons (Fsp3) is 0.231. The lowest BCUT2D eigenvalue weighted by Crippen LogP contribution is -2.29. The number of anilines is 1. The van der Waals surface area contributed by atoms with E-state index < -0.39 is 17.7 Å². The zero-order valence-electron chi connectivity index (χ0n) is 18.7. The standard InChI is InChI=1S/C26H23NO6S/c1-15(2)13-31-18-6-3-5-16(11-18)24(28)22-23(21-7-4-10-34-21)27(26(30)25(22)29)17-8-9-19-20(12-17)33-14-32-19/h3-12,15,23,28H,13-14H2,1-2H3/b24-22-. The van der Waals surface area contributed by atoms with Crippen molar-refractivity contribution in [3.8, 4) is 17.2 Å². The highest BCUT2D eigenvalue weighted by Crippen LogP contribution is 2.46. The first-order valence-corrected chi connectivity index (χ1v) is 11.8. The van der Waals surface area contributed by atoms with E-state index in [4.69, 9.17) is 14.2 Å². The summed E-state index contributed by atoms with van der Waals surface area (Å²) >= 11 is 1.41. The minimum absolute atomic E-state index is 0.0335. The van der Waals surface area contributed by atoms with E-state index in [0.717, 1.165) is 4.88 Å². The maximum absolute atomic E-state index is 13.3. The third-order valence-corrected chi connectivity index (χ3v) is 6.51. The van der Waals surface area contributed by atoms with Gasteiger partial charge >= 0.3 is 0 Å². The van der Waals surface area contributed by atoms with E-state index in [1.807, 2.05) is 31.4 Å². The predicted octanol–water partition coefficient (Wildman–Crippen LogP) is 5.14. The van der Waals surface area contributed by atoms with Crippen LogP contribution in [0.3, 0.4) is 0 Å². The second-order valence-electron chi connectivity index (χ2n) is 8.45. The average Bonchev–Trinajstić information content (AvgIpc) is 3.57. The number of carbonyl (C=O) groups excluding carboxylic acids is 2. The van der Waals surface area contributed by atoms with Crippen LogP contribution in [0, 0.1) is 5.92 Å². The van der Waals surface area contributed by atoms with E-state index in [1.165, 1.54) is 16.2 Å². The highest BCUT2D eigenvalue weighted by molar-refractivity contribution is 7.10. The fourth-order valence-electron chi connectivity index (χ4n) is 4.00. The molecule has 1 N–H and O–H groups in total. The van der Waals surface area contributed by atoms with Crippen molar-refractivity contribution in [2.24, 2.45) is 5.92 Å². The Labute approximate surface area is 200 Å². The summed E-state index contributed by atoms with van der Waals surface area (Å²) in [6, 6.07) is 14.9. The Kier molecular flexibility index (Phi) is 5.75. The Morgan fingerprint density at radius 1 is 1.12 bits per heavy atom. The number of ketones is 1. The Balaban J connectivity index is 1.60. The molecular weight excluding hydrogens is 454 g/mol. The zero-order valence-corrected chi connectivity index (χ0v) is 19.5. The SMILES string of the molecule is CC(C)COc1cccc(/C(O)=C2/C(=O)C(=O)N(c3ccc4c(c3)OCO4)C2c2cccs2)c1. The molecule has 1 amide bonds. The number of aliphatic hydroxyl groups is 1. The molecule has 34 heavy (non-hydrogen) atoms. The molecule has 0 aliphatic carbocycles. The maximum atomic E-state index is 13.3. The number of hydrogen-bond acceptors (Lipinski definition) is 7. The predicted molar refractivity (Wildman–Crippen MR) is 128 cm³/mol. The summed E-state index contributed by atoms with van der Waals surface area (Å²) in [5.74, 6) is 0.284. The molecule has 0 radical (unpaired) electrons. The number of Topliss-reactive ketones (excluding diaryl/α,β-unsaturated/α-hetero) is 1. The number of hydrogen-bond donors (Lipinski definition) is 1. The van der Waals surface area contributed by atoms with Gasteiger partial charge in [-0.2, -0.15) is 0 Å². The van der Waals surface area contributed by atoms with Gasteiger partial charge in [0.2, 0.25) is 6.79 Å². The summed E-state index contributed by atoms with van der Waals surface area (Å²) in [6.07, 6.45) is 0. The second kappa shape index (κ2) is 8.87. The molecule has 0 spiro atoms. The van der Waals surface area contributed by atoms with Crippen LogP contribution < -0.4 is 19.1 Å². The number of benzene rings is 2. The quantitative estimate of drug-likeness (QED) is 0.301. The molecule has 5 rings (SSSR count). The molecule has 3 aromatic rings. The number of nitrogens with zero attached hydrogens (tertiary/aromatic N) is 1. The summed E-state index contributed by atoms with van der Waals surface area (Å²) in [5.41, 5.74) is 0.926. The Bertz CT molecular complexity index is 1280. The molecule has 1 unspecified atom stereocenters. The summed E-state index contributed by atoms with van der Waals surface area (Å²) in [6.45, 7) is 4.71. The number of rotatable bonds is 6. The number of thiophene rings is 1. The van der Waals surface area contributed by atoms with Crippen molar-refractivity contribution in [2.45, 2.75) is 19.9 Å². The lowest BCUT2D eigenvalue weighted by Gasteiger charge is -2.24. The zero-order chi connectivity index (χ0) is 23.8. The van der Waals surface area contributed by atoms with Crippen molar-refractivity contribution in [3.05, 3.63) is 76.0 Å². The molecule has 1 aromatic heterocycles. The van der Waals surface area contributed by atoms with Crippen molar-refractivity contribution in [1.29, 1.82) is 0 Å². The van der Waals surface area contributed by atoms with Gasteiger partial charge in [0, 0.05) is 22.2 Å². The van der Waals surface area contributed by atoms with Gasteiger partial charge in [-0.1, -0.05) is 32.0 Å². The van der Waals surface area contributed by atoms with Crippen LogP contribution in [0.25, 0.3) is 5.76 Å². The Morgan fingerprint density at radius 2 is 1.94 bits per heavy atom. The summed E-state index contributed by atoms with van der Waals surface area (Å²) in [5, 5.41) is 13.2. The van der Waals surface area contributed by atoms with Crippen LogP contribution in [-0.2, 0) is 9.59 Å². The normalized spacial score (nSPS) is 18.7. The first kappa shape index (κ1) is 22.0. The first-order chi connectivity index (χ1) is 16.4. The van der Waals surface area contributed by atoms with Gasteiger partial charge in [0.25, 0.3) is 11.7 Å². The van der Waals surface area contributed by atoms with E-state index >= 15 is 0 Å². The van der Waals surface area contributed by atoms with Gasteiger partial charge in [-0.25, -0.2) is 0 Å². The average molecular weight is 478 g/mol. The maximum Gasteiger partial charge on any atom is 0.300 e. The van der Waals surface area contributed by atoms with Crippen molar-refractivity contribution in [2.75, 3.05) is 18.3 Å². The Morgan fingerprint density at radius 3 is 2.71 bits per heavy atom. The van der Waals surface area contributed by atoms with Gasteiger partial charge in [0.15, 0.2) is 11.5 Å². The van der Waals surface area contributed by atoms with Crippen molar-refractivity contribution >= 4 is 34.5 Å². The highest BCUT2D eigenvalue weighted by atomic mass is 32.1. The van der Waals surface area contributed by atoms with E-state index in [-0.39, 0.29) is 18.1 Å². The number of fused-ring (bicyclic) bond motifs is 1. The van der Waals surface area contributed by atoms with Crippen LogP contribution in [0.4, 0.5) is 5.69 Å². The molecule has 2 aliphatic heterocycles. The summed E-state index contributed by atoms with van der Waals surface area (Å²) in [4.78, 5) is 28.7. The number of ether oxygens (including phenoxy) is 3. The molecule has 174 valence electrons. The van der Waals surface area contributed by atoms with Gasteiger partial charge in [-0.05, 0) is 41.6 Å². The molecule has 8 heteroatoms. The number of carbonyl (C=O) groups is 2. The smallest absolute Gasteiger partial charge is 0.300 e. The van der Waals surface area contributed by atoms with Crippen LogP contribution >= 0.6 is 11.3 Å². The Hall–Kier alpha value is -3.78.